The van der Waals surface area contributed by atoms with E-state index in [1.54, 1.807) is 16.0 Å². The molecule has 1 aliphatic carbocycles. The lowest BCUT2D eigenvalue weighted by Crippen LogP contribution is -2.41. The monoisotopic (exact) mass is 345 g/mol. The third-order valence-corrected chi connectivity index (χ3v) is 5.82. The average molecular weight is 345 g/mol. The van der Waals surface area contributed by atoms with Crippen LogP contribution in [0.4, 0.5) is 0 Å². The molecule has 0 amide bonds. The smallest absolute Gasteiger partial charge is 0.414 e. The van der Waals surface area contributed by atoms with Gasteiger partial charge in [-0.2, -0.15) is 0 Å². The lowest BCUT2D eigenvalue weighted by atomic mass is 9.75. The van der Waals surface area contributed by atoms with Crippen LogP contribution in [0.1, 0.15) is 34.4 Å². The Bertz CT molecular complexity index is 773. The number of fused-ring (bicyclic) bond motifs is 4. The topological polar surface area (TPSA) is 77.8 Å². The van der Waals surface area contributed by atoms with E-state index in [2.05, 4.69) is 47.7 Å². The zero-order valence-electron chi connectivity index (χ0n) is 13.4. The van der Waals surface area contributed by atoms with Crippen molar-refractivity contribution in [1.29, 1.82) is 0 Å². The normalized spacial score (nSPS) is 21.5. The zero-order chi connectivity index (χ0) is 17.3. The average Bonchev–Trinajstić information content (AvgIpc) is 3.13. The first kappa shape index (κ1) is 16.7. The number of rotatable bonds is 0. The first-order chi connectivity index (χ1) is 11.5. The van der Waals surface area contributed by atoms with Gasteiger partial charge in [0.1, 0.15) is 0 Å². The molecule has 1 aromatic carbocycles. The van der Waals surface area contributed by atoms with Gasteiger partial charge in [0.05, 0.1) is 5.54 Å². The van der Waals surface area contributed by atoms with Crippen LogP contribution in [0, 0.1) is 0 Å². The Kier molecular flexibility index (Phi) is 4.43. The summed E-state index contributed by atoms with van der Waals surface area (Å²) >= 11 is 1.94. The SMILES string of the molecule is CN1Cc2ccccc2C12CCCc1sccc12.O=C(O)C(=O)O. The summed E-state index contributed by atoms with van der Waals surface area (Å²) in [6, 6.07) is 11.4. The minimum Gasteiger partial charge on any atom is -0.473 e. The van der Waals surface area contributed by atoms with E-state index in [0.717, 1.165) is 6.54 Å². The minimum absolute atomic E-state index is 0.171. The predicted molar refractivity (Wildman–Crippen MR) is 91.2 cm³/mol. The van der Waals surface area contributed by atoms with Crippen molar-refractivity contribution in [1.82, 2.24) is 4.90 Å². The third kappa shape index (κ3) is 2.61. The van der Waals surface area contributed by atoms with E-state index in [1.807, 2.05) is 11.3 Å². The number of aryl methyl sites for hydroxylation is 1. The number of thiophene rings is 1. The van der Waals surface area contributed by atoms with Crippen LogP contribution >= 0.6 is 11.3 Å². The maximum Gasteiger partial charge on any atom is 0.414 e. The Morgan fingerprint density at radius 1 is 1.12 bits per heavy atom. The van der Waals surface area contributed by atoms with Gasteiger partial charge in [0.25, 0.3) is 0 Å². The molecule has 6 heteroatoms. The van der Waals surface area contributed by atoms with Crippen molar-refractivity contribution in [2.45, 2.75) is 31.3 Å². The second-order valence-corrected chi connectivity index (χ2v) is 7.10. The van der Waals surface area contributed by atoms with E-state index in [4.69, 9.17) is 19.8 Å². The zero-order valence-corrected chi connectivity index (χ0v) is 14.2. The fourth-order valence-corrected chi connectivity index (χ4v) is 4.87. The van der Waals surface area contributed by atoms with E-state index in [1.165, 1.54) is 24.8 Å². The van der Waals surface area contributed by atoms with Crippen LogP contribution in [0.25, 0.3) is 0 Å². The Morgan fingerprint density at radius 2 is 1.83 bits per heavy atom. The highest BCUT2D eigenvalue weighted by atomic mass is 32.1. The number of carboxylic acids is 2. The molecular weight excluding hydrogens is 326 g/mol. The Labute approximate surface area is 144 Å². The minimum atomic E-state index is -1.82. The molecule has 1 atom stereocenters. The quantitative estimate of drug-likeness (QED) is 0.718. The van der Waals surface area contributed by atoms with Gasteiger partial charge in [0.2, 0.25) is 0 Å². The summed E-state index contributed by atoms with van der Waals surface area (Å²) in [5, 5.41) is 17.1. The van der Waals surface area contributed by atoms with Crippen LogP contribution in [0.15, 0.2) is 35.7 Å². The van der Waals surface area contributed by atoms with E-state index in [-0.39, 0.29) is 5.54 Å². The van der Waals surface area contributed by atoms with Crippen molar-refractivity contribution in [3.63, 3.8) is 0 Å². The van der Waals surface area contributed by atoms with Crippen LogP contribution in [0.3, 0.4) is 0 Å². The van der Waals surface area contributed by atoms with Crippen molar-refractivity contribution in [2.24, 2.45) is 0 Å². The lowest BCUT2D eigenvalue weighted by Gasteiger charge is -2.40. The molecule has 126 valence electrons. The number of benzene rings is 1. The summed E-state index contributed by atoms with van der Waals surface area (Å²) in [4.78, 5) is 22.4. The first-order valence-electron chi connectivity index (χ1n) is 7.79. The van der Waals surface area contributed by atoms with Gasteiger partial charge in [-0.25, -0.2) is 9.59 Å². The summed E-state index contributed by atoms with van der Waals surface area (Å²) in [5.41, 5.74) is 4.81. The lowest BCUT2D eigenvalue weighted by molar-refractivity contribution is -0.159. The number of carboxylic acid groups (broad SMARTS) is 2. The van der Waals surface area contributed by atoms with Crippen molar-refractivity contribution < 1.29 is 19.8 Å². The number of carbonyl (C=O) groups is 2. The number of hydrogen-bond donors (Lipinski definition) is 2. The van der Waals surface area contributed by atoms with E-state index >= 15 is 0 Å². The van der Waals surface area contributed by atoms with E-state index < -0.39 is 11.9 Å². The van der Waals surface area contributed by atoms with Gasteiger partial charge in [-0.1, -0.05) is 24.3 Å². The second-order valence-electron chi connectivity index (χ2n) is 6.09. The molecule has 1 aliphatic heterocycles. The fourth-order valence-electron chi connectivity index (χ4n) is 3.88. The molecule has 2 aliphatic rings. The number of hydrogen-bond acceptors (Lipinski definition) is 4. The first-order valence-corrected chi connectivity index (χ1v) is 8.67. The Balaban J connectivity index is 0.000000246. The molecule has 0 saturated carbocycles. The van der Waals surface area contributed by atoms with Gasteiger partial charge in [0, 0.05) is 11.4 Å². The molecule has 24 heavy (non-hydrogen) atoms. The van der Waals surface area contributed by atoms with Crippen LogP contribution in [0.2, 0.25) is 0 Å². The summed E-state index contributed by atoms with van der Waals surface area (Å²) < 4.78 is 0. The second kappa shape index (κ2) is 6.37. The summed E-state index contributed by atoms with van der Waals surface area (Å²) in [7, 11) is 2.28. The van der Waals surface area contributed by atoms with Crippen molar-refractivity contribution in [2.75, 3.05) is 7.05 Å². The van der Waals surface area contributed by atoms with Crippen LogP contribution < -0.4 is 0 Å². The number of aliphatic carboxylic acids is 2. The highest BCUT2D eigenvalue weighted by Gasteiger charge is 2.46. The molecule has 1 spiro atoms. The molecule has 0 saturated heterocycles. The fraction of sp³-hybridized carbons (Fsp3) is 0.333. The highest BCUT2D eigenvalue weighted by molar-refractivity contribution is 7.10. The van der Waals surface area contributed by atoms with Gasteiger partial charge >= 0.3 is 11.9 Å². The molecule has 1 aromatic heterocycles. The molecule has 2 aromatic rings. The summed E-state index contributed by atoms with van der Waals surface area (Å²) in [6.07, 6.45) is 3.85. The van der Waals surface area contributed by atoms with Gasteiger partial charge < -0.3 is 10.2 Å². The molecule has 2 N–H and O–H groups in total. The highest BCUT2D eigenvalue weighted by Crippen LogP contribution is 2.51. The maximum absolute atomic E-state index is 9.10. The molecule has 0 bridgehead atoms. The molecule has 5 nitrogen and oxygen atoms in total. The molecule has 0 radical (unpaired) electrons. The van der Waals surface area contributed by atoms with E-state index in [9.17, 15) is 0 Å². The van der Waals surface area contributed by atoms with Crippen molar-refractivity contribution in [3.05, 3.63) is 57.3 Å². The third-order valence-electron chi connectivity index (χ3n) is 4.84. The Morgan fingerprint density at radius 3 is 2.54 bits per heavy atom. The summed E-state index contributed by atoms with van der Waals surface area (Å²) in [6.45, 7) is 1.09. The van der Waals surface area contributed by atoms with Crippen molar-refractivity contribution in [3.8, 4) is 0 Å². The van der Waals surface area contributed by atoms with Gasteiger partial charge in [-0.3, -0.25) is 4.90 Å². The molecule has 2 heterocycles. The van der Waals surface area contributed by atoms with Gasteiger partial charge in [-0.05, 0) is 54.4 Å². The van der Waals surface area contributed by atoms with Crippen LogP contribution in [-0.4, -0.2) is 34.1 Å². The standard InChI is InChI=1S/C16H17NS.C2H2O4/c1-17-11-12-5-2-3-6-13(12)16(17)9-4-7-15-14(16)8-10-18-15;3-1(4)2(5)6/h2-3,5-6,8,10H,4,7,9,11H2,1H3;(H,3,4)(H,5,6). The van der Waals surface area contributed by atoms with Gasteiger partial charge in [-0.15, -0.1) is 11.3 Å². The molecule has 1 unspecified atom stereocenters. The van der Waals surface area contributed by atoms with Crippen molar-refractivity contribution >= 4 is 23.3 Å². The summed E-state index contributed by atoms with van der Waals surface area (Å²) in [5.74, 6) is -3.65. The molecule has 4 rings (SSSR count). The Hall–Kier alpha value is -2.18. The molecular formula is C18H19NO4S. The molecule has 0 fully saturated rings. The predicted octanol–water partition coefficient (Wildman–Crippen LogP) is 2.93. The van der Waals surface area contributed by atoms with Crippen LogP contribution in [0.5, 0.6) is 0 Å². The maximum atomic E-state index is 9.10. The van der Waals surface area contributed by atoms with Crippen LogP contribution in [-0.2, 0) is 28.1 Å². The largest absolute Gasteiger partial charge is 0.473 e. The van der Waals surface area contributed by atoms with E-state index in [0.29, 0.717) is 0 Å². The van der Waals surface area contributed by atoms with Gasteiger partial charge in [0.15, 0.2) is 0 Å². The number of nitrogens with zero attached hydrogens (tertiary/aromatic N) is 1.